The summed E-state index contributed by atoms with van der Waals surface area (Å²) in [5.41, 5.74) is 0. The zero-order valence-corrected chi connectivity index (χ0v) is 7.92. The van der Waals surface area contributed by atoms with Gasteiger partial charge in [-0.25, -0.2) is 0 Å². The van der Waals surface area contributed by atoms with E-state index in [1.165, 1.54) is 14.2 Å². The highest BCUT2D eigenvalue weighted by atomic mass is 16.5. The van der Waals surface area contributed by atoms with Crippen LogP contribution in [-0.4, -0.2) is 25.8 Å². The minimum atomic E-state index is -0.304. The predicted molar refractivity (Wildman–Crippen MR) is 44.8 cm³/mol. The summed E-state index contributed by atoms with van der Waals surface area (Å²) < 4.78 is 9.64. The molecule has 0 aromatic heterocycles. The van der Waals surface area contributed by atoms with Gasteiger partial charge in [0.25, 0.3) is 0 Å². The van der Waals surface area contributed by atoms with E-state index in [9.17, 15) is 9.59 Å². The molecular weight excluding hydrogens is 172 g/mol. The fourth-order valence-corrected chi connectivity index (χ4v) is 1.33. The monoisotopic (exact) mass is 184 g/mol. The molecule has 0 fully saturated rings. The molecule has 1 rings (SSSR count). The van der Waals surface area contributed by atoms with Crippen molar-refractivity contribution >= 4 is 11.6 Å². The quantitative estimate of drug-likeness (QED) is 0.633. The zero-order valence-electron chi connectivity index (χ0n) is 7.92. The Labute approximate surface area is 76.5 Å². The number of carbonyl (C=O) groups excluding carboxylic acids is 2. The molecule has 0 heterocycles. The summed E-state index contributed by atoms with van der Waals surface area (Å²) >= 11 is 0. The lowest BCUT2D eigenvalue weighted by molar-refractivity contribution is -0.130. The van der Waals surface area contributed by atoms with E-state index in [0.717, 1.165) is 0 Å². The lowest BCUT2D eigenvalue weighted by Crippen LogP contribution is -2.28. The SMILES string of the molecule is COC1=C(OC)C(=O)C(C)CC1=O. The van der Waals surface area contributed by atoms with Crippen LogP contribution >= 0.6 is 0 Å². The maximum absolute atomic E-state index is 11.5. The van der Waals surface area contributed by atoms with Crippen LogP contribution in [0.4, 0.5) is 0 Å². The molecule has 0 radical (unpaired) electrons. The standard InChI is InChI=1S/C9H12O4/c1-5-4-6(10)8(12-2)9(13-3)7(5)11/h5H,4H2,1-3H3. The smallest absolute Gasteiger partial charge is 0.208 e. The van der Waals surface area contributed by atoms with E-state index >= 15 is 0 Å². The molecule has 1 aliphatic rings. The van der Waals surface area contributed by atoms with Crippen LogP contribution in [-0.2, 0) is 19.1 Å². The van der Waals surface area contributed by atoms with Gasteiger partial charge in [-0.15, -0.1) is 0 Å². The van der Waals surface area contributed by atoms with Crippen LogP contribution in [0.3, 0.4) is 0 Å². The summed E-state index contributed by atoms with van der Waals surface area (Å²) in [5.74, 6) is -0.552. The van der Waals surface area contributed by atoms with Crippen LogP contribution in [0, 0.1) is 5.92 Å². The molecule has 0 N–H and O–H groups in total. The molecule has 0 saturated heterocycles. The van der Waals surface area contributed by atoms with E-state index < -0.39 is 0 Å². The summed E-state index contributed by atoms with van der Waals surface area (Å²) in [6.07, 6.45) is 0.203. The second-order valence-corrected chi connectivity index (χ2v) is 2.96. The van der Waals surface area contributed by atoms with Crippen LogP contribution < -0.4 is 0 Å². The van der Waals surface area contributed by atoms with Crippen molar-refractivity contribution in [2.45, 2.75) is 13.3 Å². The van der Waals surface area contributed by atoms with E-state index in [2.05, 4.69) is 0 Å². The number of carbonyl (C=O) groups is 2. The summed E-state index contributed by atoms with van der Waals surface area (Å²) in [6, 6.07) is 0. The van der Waals surface area contributed by atoms with Crippen molar-refractivity contribution in [3.8, 4) is 0 Å². The molecule has 13 heavy (non-hydrogen) atoms. The lowest BCUT2D eigenvalue weighted by atomic mass is 9.91. The van der Waals surface area contributed by atoms with Gasteiger partial charge in [0.05, 0.1) is 14.2 Å². The van der Waals surface area contributed by atoms with Gasteiger partial charge in [0.2, 0.25) is 23.1 Å². The van der Waals surface area contributed by atoms with Gasteiger partial charge in [-0.3, -0.25) is 9.59 Å². The zero-order chi connectivity index (χ0) is 10.0. The molecule has 0 saturated carbocycles. The molecule has 4 nitrogen and oxygen atoms in total. The van der Waals surface area contributed by atoms with Crippen molar-refractivity contribution < 1.29 is 19.1 Å². The molecule has 0 bridgehead atoms. The third-order valence-electron chi connectivity index (χ3n) is 2.03. The summed E-state index contributed by atoms with van der Waals surface area (Å²) in [5, 5.41) is 0. The van der Waals surface area contributed by atoms with Crippen LogP contribution in [0.15, 0.2) is 11.5 Å². The second kappa shape index (κ2) is 3.60. The van der Waals surface area contributed by atoms with E-state index in [0.29, 0.717) is 0 Å². The number of methoxy groups -OCH3 is 2. The highest BCUT2D eigenvalue weighted by molar-refractivity contribution is 6.10. The van der Waals surface area contributed by atoms with Gasteiger partial charge in [-0.05, 0) is 0 Å². The average molecular weight is 184 g/mol. The van der Waals surface area contributed by atoms with Gasteiger partial charge < -0.3 is 9.47 Å². The largest absolute Gasteiger partial charge is 0.490 e. The van der Waals surface area contributed by atoms with E-state index in [1.807, 2.05) is 0 Å². The first-order valence-corrected chi connectivity index (χ1v) is 4.01. The number of rotatable bonds is 2. The van der Waals surface area contributed by atoms with E-state index in [1.54, 1.807) is 6.92 Å². The third kappa shape index (κ3) is 1.56. The highest BCUT2D eigenvalue weighted by Crippen LogP contribution is 2.24. The maximum atomic E-state index is 11.5. The Hall–Kier alpha value is -1.32. The first-order valence-electron chi connectivity index (χ1n) is 4.01. The van der Waals surface area contributed by atoms with Gasteiger partial charge in [0, 0.05) is 12.3 Å². The molecule has 0 amide bonds. The Bertz CT molecular complexity index is 277. The number of ether oxygens (including phenoxy) is 2. The van der Waals surface area contributed by atoms with Crippen molar-refractivity contribution in [2.75, 3.05) is 14.2 Å². The lowest BCUT2D eigenvalue weighted by Gasteiger charge is -2.19. The molecular formula is C9H12O4. The fourth-order valence-electron chi connectivity index (χ4n) is 1.33. The molecule has 72 valence electrons. The van der Waals surface area contributed by atoms with Gasteiger partial charge in [0.15, 0.2) is 0 Å². The minimum absolute atomic E-state index is 0.0469. The van der Waals surface area contributed by atoms with Gasteiger partial charge in [-0.1, -0.05) is 6.92 Å². The number of Topliss-reactive ketones (excluding diaryl/α,β-unsaturated/α-hetero) is 2. The Morgan fingerprint density at radius 1 is 1.15 bits per heavy atom. The average Bonchev–Trinajstić information content (AvgIpc) is 2.10. The first-order chi connectivity index (χ1) is 6.11. The highest BCUT2D eigenvalue weighted by Gasteiger charge is 2.34. The molecule has 1 aliphatic carbocycles. The van der Waals surface area contributed by atoms with Gasteiger partial charge >= 0.3 is 0 Å². The number of ketones is 2. The Morgan fingerprint density at radius 3 is 2.15 bits per heavy atom. The number of hydrogen-bond acceptors (Lipinski definition) is 4. The van der Waals surface area contributed by atoms with Crippen LogP contribution in [0.25, 0.3) is 0 Å². The Balaban J connectivity index is 3.12. The van der Waals surface area contributed by atoms with E-state index in [4.69, 9.17) is 9.47 Å². The fraction of sp³-hybridized carbons (Fsp3) is 0.556. The molecule has 4 heteroatoms. The Morgan fingerprint density at radius 2 is 1.69 bits per heavy atom. The summed E-state index contributed by atoms with van der Waals surface area (Å²) in [4.78, 5) is 22.8. The first kappa shape index (κ1) is 9.77. The number of allylic oxidation sites excluding steroid dienone is 2. The van der Waals surface area contributed by atoms with Crippen LogP contribution in [0.5, 0.6) is 0 Å². The second-order valence-electron chi connectivity index (χ2n) is 2.96. The third-order valence-corrected chi connectivity index (χ3v) is 2.03. The Kier molecular flexibility index (Phi) is 2.70. The van der Waals surface area contributed by atoms with Crippen molar-refractivity contribution in [1.29, 1.82) is 0 Å². The summed E-state index contributed by atoms with van der Waals surface area (Å²) in [6.45, 7) is 1.70. The normalized spacial score (nSPS) is 23.5. The maximum Gasteiger partial charge on any atom is 0.208 e. The molecule has 1 atom stereocenters. The van der Waals surface area contributed by atoms with E-state index in [-0.39, 0.29) is 35.4 Å². The predicted octanol–water partition coefficient (Wildman–Crippen LogP) is 0.669. The summed E-state index contributed by atoms with van der Waals surface area (Å²) in [7, 11) is 2.72. The van der Waals surface area contributed by atoms with Gasteiger partial charge in [-0.2, -0.15) is 0 Å². The molecule has 1 unspecified atom stereocenters. The van der Waals surface area contributed by atoms with Crippen molar-refractivity contribution in [3.63, 3.8) is 0 Å². The number of hydrogen-bond donors (Lipinski definition) is 0. The van der Waals surface area contributed by atoms with Crippen LogP contribution in [0.1, 0.15) is 13.3 Å². The topological polar surface area (TPSA) is 52.6 Å². The van der Waals surface area contributed by atoms with Crippen LogP contribution in [0.2, 0.25) is 0 Å². The molecule has 0 spiro atoms. The van der Waals surface area contributed by atoms with Gasteiger partial charge in [0.1, 0.15) is 0 Å². The van der Waals surface area contributed by atoms with Crippen molar-refractivity contribution in [3.05, 3.63) is 11.5 Å². The molecule has 0 aromatic carbocycles. The molecule has 0 aromatic rings. The molecule has 0 aliphatic heterocycles. The van der Waals surface area contributed by atoms with Crippen molar-refractivity contribution in [2.24, 2.45) is 5.92 Å². The van der Waals surface area contributed by atoms with Crippen molar-refractivity contribution in [1.82, 2.24) is 0 Å². The minimum Gasteiger partial charge on any atom is -0.490 e.